The van der Waals surface area contributed by atoms with E-state index in [1.165, 1.54) is 5.56 Å². The molecule has 0 spiro atoms. The second-order valence-corrected chi connectivity index (χ2v) is 12.7. The van der Waals surface area contributed by atoms with E-state index in [0.717, 1.165) is 0 Å². The van der Waals surface area contributed by atoms with Crippen molar-refractivity contribution in [2.75, 3.05) is 0 Å². The molecule has 1 aliphatic rings. The largest absolute Gasteiger partial charge is 0.345 e. The van der Waals surface area contributed by atoms with Gasteiger partial charge in [0.05, 0.1) is 11.4 Å². The van der Waals surface area contributed by atoms with Gasteiger partial charge in [0.15, 0.2) is 6.49 Å². The van der Waals surface area contributed by atoms with E-state index >= 15 is 0 Å². The molecule has 1 saturated heterocycles. The van der Waals surface area contributed by atoms with Crippen molar-refractivity contribution in [2.45, 2.75) is 49.5 Å². The molecule has 0 radical (unpaired) electrons. The van der Waals surface area contributed by atoms with Crippen LogP contribution in [0, 0.1) is 0 Å². The fourth-order valence-electron chi connectivity index (χ4n) is 1.98. The van der Waals surface area contributed by atoms with Gasteiger partial charge in [-0.2, -0.15) is 0 Å². The van der Waals surface area contributed by atoms with Gasteiger partial charge in [-0.3, -0.25) is 0 Å². The predicted octanol–water partition coefficient (Wildman–Crippen LogP) is 5.00. The summed E-state index contributed by atoms with van der Waals surface area (Å²) in [5.74, 6) is 0. The van der Waals surface area contributed by atoms with Crippen LogP contribution in [0.5, 0.6) is 0 Å². The van der Waals surface area contributed by atoms with Gasteiger partial charge < -0.3 is 9.42 Å². The molecule has 1 unspecified atom stereocenters. The van der Waals surface area contributed by atoms with Gasteiger partial charge in [-0.15, -0.1) is 0 Å². The van der Waals surface area contributed by atoms with Crippen LogP contribution in [0.3, 0.4) is 0 Å². The highest BCUT2D eigenvalue weighted by Gasteiger charge is 2.47. The van der Waals surface area contributed by atoms with Crippen LogP contribution < -0.4 is 0 Å². The van der Waals surface area contributed by atoms with Crippen molar-refractivity contribution in [2.24, 2.45) is 0 Å². The SMILES string of the molecule is CC(C)P(O)(=S)O[C@H]1[C@H](c2ccccc2)SSC1(C)C. The van der Waals surface area contributed by atoms with Crippen LogP contribution in [0.1, 0.15) is 38.5 Å². The number of hydrogen-bond acceptors (Lipinski definition) is 4. The maximum atomic E-state index is 10.4. The van der Waals surface area contributed by atoms with Crippen molar-refractivity contribution < 1.29 is 9.42 Å². The predicted molar refractivity (Wildman–Crippen MR) is 95.0 cm³/mol. The summed E-state index contributed by atoms with van der Waals surface area (Å²) in [4.78, 5) is 10.4. The van der Waals surface area contributed by atoms with Gasteiger partial charge in [-0.05, 0) is 31.2 Å². The van der Waals surface area contributed by atoms with Crippen molar-refractivity contribution in [3.63, 3.8) is 0 Å². The van der Waals surface area contributed by atoms with Crippen molar-refractivity contribution in [1.29, 1.82) is 0 Å². The van der Waals surface area contributed by atoms with Crippen molar-refractivity contribution in [1.82, 2.24) is 0 Å². The lowest BCUT2D eigenvalue weighted by Crippen LogP contribution is -2.34. The Morgan fingerprint density at radius 1 is 1.30 bits per heavy atom. The summed E-state index contributed by atoms with van der Waals surface area (Å²) in [6, 6.07) is 10.3. The lowest BCUT2D eigenvalue weighted by atomic mass is 9.98. The summed E-state index contributed by atoms with van der Waals surface area (Å²) in [6.45, 7) is 5.44. The summed E-state index contributed by atoms with van der Waals surface area (Å²) >= 11 is 5.34. The first kappa shape index (κ1) is 16.9. The highest BCUT2D eigenvalue weighted by Crippen LogP contribution is 2.63. The Bertz CT molecular complexity index is 504. The van der Waals surface area contributed by atoms with Crippen molar-refractivity contribution in [3.8, 4) is 0 Å². The summed E-state index contributed by atoms with van der Waals surface area (Å²) in [7, 11) is 3.63. The maximum absolute atomic E-state index is 10.4. The summed E-state index contributed by atoms with van der Waals surface area (Å²) < 4.78 is 6.02. The molecule has 112 valence electrons. The molecule has 6 heteroatoms. The molecule has 0 aliphatic carbocycles. The molecule has 2 nitrogen and oxygen atoms in total. The standard InChI is InChI=1S/C14H21O2PS3/c1-10(2)17(15,18)16-13-12(19-20-14(13,3)4)11-8-6-5-7-9-11/h5-10,12-13H,1-4H3,(H,15,18)/t12-,13-,17?/m0/s1. The van der Waals surface area contributed by atoms with Gasteiger partial charge in [0.1, 0.15) is 0 Å². The van der Waals surface area contributed by atoms with Crippen LogP contribution >= 0.6 is 28.1 Å². The topological polar surface area (TPSA) is 29.5 Å². The van der Waals surface area contributed by atoms with Crippen LogP contribution in [-0.2, 0) is 16.3 Å². The molecule has 0 saturated carbocycles. The molecule has 0 amide bonds. The van der Waals surface area contributed by atoms with E-state index in [0.29, 0.717) is 0 Å². The average molecular weight is 348 g/mol. The van der Waals surface area contributed by atoms with E-state index in [2.05, 4.69) is 26.0 Å². The van der Waals surface area contributed by atoms with Gasteiger partial charge in [0.2, 0.25) is 0 Å². The molecule has 2 rings (SSSR count). The molecule has 0 bridgehead atoms. The zero-order chi connectivity index (χ0) is 15.0. The lowest BCUT2D eigenvalue weighted by Gasteiger charge is -2.33. The maximum Gasteiger partial charge on any atom is 0.189 e. The minimum Gasteiger partial charge on any atom is -0.345 e. The molecule has 1 aromatic rings. The van der Waals surface area contributed by atoms with Crippen molar-refractivity contribution >= 4 is 39.9 Å². The van der Waals surface area contributed by atoms with E-state index in [-0.39, 0.29) is 21.8 Å². The fraction of sp³-hybridized carbons (Fsp3) is 0.571. The van der Waals surface area contributed by atoms with E-state index in [9.17, 15) is 4.89 Å². The molecular formula is C14H21O2PS3. The molecule has 1 aliphatic heterocycles. The van der Waals surface area contributed by atoms with Gasteiger partial charge in [0, 0.05) is 10.4 Å². The molecule has 1 N–H and O–H groups in total. The van der Waals surface area contributed by atoms with Gasteiger partial charge in [-0.25, -0.2) is 0 Å². The first-order valence-electron chi connectivity index (χ1n) is 6.64. The Morgan fingerprint density at radius 2 is 1.90 bits per heavy atom. The molecule has 1 heterocycles. The third-order valence-corrected chi connectivity index (χ3v) is 10.4. The summed E-state index contributed by atoms with van der Waals surface area (Å²) in [6.07, 6.45) is -0.0712. The Labute approximate surface area is 134 Å². The monoisotopic (exact) mass is 348 g/mol. The van der Waals surface area contributed by atoms with E-state index in [1.807, 2.05) is 53.6 Å². The Morgan fingerprint density at radius 3 is 2.45 bits per heavy atom. The van der Waals surface area contributed by atoms with Crippen LogP contribution in [0.2, 0.25) is 0 Å². The van der Waals surface area contributed by atoms with Gasteiger partial charge >= 0.3 is 0 Å². The lowest BCUT2D eigenvalue weighted by molar-refractivity contribution is 0.166. The normalized spacial score (nSPS) is 28.5. The number of hydrogen-bond donors (Lipinski definition) is 1. The molecule has 3 atom stereocenters. The summed E-state index contributed by atoms with van der Waals surface area (Å²) in [5, 5.41) is 0.212. The quantitative estimate of drug-likeness (QED) is 0.611. The van der Waals surface area contributed by atoms with E-state index in [4.69, 9.17) is 16.3 Å². The van der Waals surface area contributed by atoms with Crippen molar-refractivity contribution in [3.05, 3.63) is 35.9 Å². The number of benzene rings is 1. The van der Waals surface area contributed by atoms with Crippen LogP contribution in [-0.4, -0.2) is 21.4 Å². The van der Waals surface area contributed by atoms with Crippen LogP contribution in [0.4, 0.5) is 0 Å². The highest BCUT2D eigenvalue weighted by molar-refractivity contribution is 8.77. The molecule has 0 aromatic heterocycles. The molecule has 1 aromatic carbocycles. The number of rotatable bonds is 4. The Balaban J connectivity index is 2.28. The van der Waals surface area contributed by atoms with E-state index < -0.39 is 6.49 Å². The zero-order valence-corrected chi connectivity index (χ0v) is 15.5. The van der Waals surface area contributed by atoms with E-state index in [1.54, 1.807) is 0 Å². The van der Waals surface area contributed by atoms with Gasteiger partial charge in [0.25, 0.3) is 0 Å². The van der Waals surface area contributed by atoms with Crippen LogP contribution in [0.15, 0.2) is 30.3 Å². The zero-order valence-electron chi connectivity index (χ0n) is 12.1. The third kappa shape index (κ3) is 3.63. The fourth-order valence-corrected chi connectivity index (χ4v) is 6.82. The molecule has 1 fully saturated rings. The molecule has 20 heavy (non-hydrogen) atoms. The Hall–Kier alpha value is 0.490. The smallest absolute Gasteiger partial charge is 0.189 e. The minimum atomic E-state index is -2.74. The second kappa shape index (κ2) is 6.31. The second-order valence-electron chi connectivity index (χ2n) is 5.80. The van der Waals surface area contributed by atoms with Gasteiger partial charge in [-0.1, -0.05) is 65.8 Å². The Kier molecular flexibility index (Phi) is 5.32. The third-order valence-electron chi connectivity index (χ3n) is 3.37. The van der Waals surface area contributed by atoms with Crippen LogP contribution in [0.25, 0.3) is 0 Å². The molecular weight excluding hydrogens is 327 g/mol. The first-order valence-corrected chi connectivity index (χ1v) is 11.6. The first-order chi connectivity index (χ1) is 9.24. The summed E-state index contributed by atoms with van der Waals surface area (Å²) in [5.41, 5.74) is 1.22. The average Bonchev–Trinajstić information content (AvgIpc) is 2.66. The highest BCUT2D eigenvalue weighted by atomic mass is 33.1. The minimum absolute atomic E-state index is 0.0136.